The van der Waals surface area contributed by atoms with E-state index in [9.17, 15) is 9.90 Å². The molecule has 25 heavy (non-hydrogen) atoms. The van der Waals surface area contributed by atoms with Crippen LogP contribution in [0.2, 0.25) is 5.28 Å². The van der Waals surface area contributed by atoms with Crippen molar-refractivity contribution in [3.63, 3.8) is 0 Å². The normalized spacial score (nSPS) is 22.2. The zero-order valence-electron chi connectivity index (χ0n) is 13.2. The van der Waals surface area contributed by atoms with Crippen molar-refractivity contribution in [2.75, 3.05) is 12.3 Å². The van der Waals surface area contributed by atoms with Crippen molar-refractivity contribution >= 4 is 47.0 Å². The zero-order valence-corrected chi connectivity index (χ0v) is 14.8. The van der Waals surface area contributed by atoms with Gasteiger partial charge in [0.05, 0.1) is 19.0 Å². The van der Waals surface area contributed by atoms with Gasteiger partial charge in [0.25, 0.3) is 0 Å². The first-order chi connectivity index (χ1) is 11.4. The van der Waals surface area contributed by atoms with E-state index >= 15 is 0 Å². The fraction of sp³-hybridized carbons (Fsp3) is 0.538. The number of nitrogen functional groups attached to an aromatic ring is 1. The minimum atomic E-state index is -0.745. The zero-order chi connectivity index (χ0) is 17.9. The van der Waals surface area contributed by atoms with Gasteiger partial charge in [-0.2, -0.15) is 9.97 Å². The molecule has 1 fully saturated rings. The van der Waals surface area contributed by atoms with Crippen LogP contribution in [0.4, 0.5) is 5.82 Å². The average Bonchev–Trinajstić information content (AvgIpc) is 3.11. The molecular formula is C13H19Cl2N5O5. The number of carbonyl (C=O) groups is 1. The minimum absolute atomic E-state index is 0. The molecule has 0 unspecified atom stereocenters. The van der Waals surface area contributed by atoms with E-state index in [-0.39, 0.29) is 36.5 Å². The number of ether oxygens (including phenoxy) is 1. The minimum Gasteiger partial charge on any atom is -0.481 e. The highest BCUT2D eigenvalue weighted by atomic mass is 35.5. The standard InChI is InChI=1S/C10H12ClN5O3.C3H6O2.ClH/c11-10-14-8(12)7-9(15-10)16(3-13-7)6-1-4(18)5(2-17)19-6;1-2-3(4)5;/h3-6,17-18H,1-2H2,(H2,12,14,15);2H2,1H3,(H,4,5);1H/t4-,5+,6+;;/m0../s1. The van der Waals surface area contributed by atoms with Crippen molar-refractivity contribution in [1.82, 2.24) is 19.5 Å². The highest BCUT2D eigenvalue weighted by Crippen LogP contribution is 2.31. The second kappa shape index (κ2) is 9.11. The number of carboxylic acid groups (broad SMARTS) is 1. The maximum Gasteiger partial charge on any atom is 0.303 e. The Morgan fingerprint density at radius 1 is 1.52 bits per heavy atom. The number of fused-ring (bicyclic) bond motifs is 1. The molecule has 2 aromatic heterocycles. The third kappa shape index (κ3) is 4.89. The smallest absolute Gasteiger partial charge is 0.303 e. The van der Waals surface area contributed by atoms with Crippen LogP contribution in [0, 0.1) is 0 Å². The molecule has 0 spiro atoms. The van der Waals surface area contributed by atoms with Crippen LogP contribution in [0.3, 0.4) is 0 Å². The number of aromatic nitrogens is 4. The van der Waals surface area contributed by atoms with Gasteiger partial charge in [-0.25, -0.2) is 4.98 Å². The number of aliphatic hydroxyl groups is 2. The van der Waals surface area contributed by atoms with Gasteiger partial charge in [-0.15, -0.1) is 12.4 Å². The van der Waals surface area contributed by atoms with E-state index in [1.165, 1.54) is 6.33 Å². The summed E-state index contributed by atoms with van der Waals surface area (Å²) in [6.07, 6.45) is 0.239. The summed E-state index contributed by atoms with van der Waals surface area (Å²) in [4.78, 5) is 21.4. The Hall–Kier alpha value is -1.72. The Labute approximate surface area is 154 Å². The molecule has 1 saturated heterocycles. The number of anilines is 1. The number of halogens is 2. The quantitative estimate of drug-likeness (QED) is 0.546. The molecular weight excluding hydrogens is 377 g/mol. The van der Waals surface area contributed by atoms with Crippen LogP contribution in [0.5, 0.6) is 0 Å². The van der Waals surface area contributed by atoms with Gasteiger partial charge in [-0.1, -0.05) is 6.92 Å². The lowest BCUT2D eigenvalue weighted by Gasteiger charge is -2.13. The van der Waals surface area contributed by atoms with E-state index in [0.717, 1.165) is 0 Å². The van der Waals surface area contributed by atoms with E-state index in [4.69, 9.17) is 32.3 Å². The molecule has 0 amide bonds. The predicted molar refractivity (Wildman–Crippen MR) is 91.5 cm³/mol. The molecule has 0 saturated carbocycles. The first-order valence-corrected chi connectivity index (χ1v) is 7.56. The largest absolute Gasteiger partial charge is 0.481 e. The topological polar surface area (TPSA) is 157 Å². The van der Waals surface area contributed by atoms with E-state index in [1.54, 1.807) is 11.5 Å². The molecule has 0 aliphatic carbocycles. The molecule has 0 aromatic carbocycles. The Morgan fingerprint density at radius 2 is 2.16 bits per heavy atom. The summed E-state index contributed by atoms with van der Waals surface area (Å²) in [5.41, 5.74) is 6.57. The highest BCUT2D eigenvalue weighted by molar-refractivity contribution is 6.28. The average molecular weight is 396 g/mol. The molecule has 3 heterocycles. The van der Waals surface area contributed by atoms with Crippen molar-refractivity contribution in [1.29, 1.82) is 0 Å². The Kier molecular flexibility index (Phi) is 7.77. The van der Waals surface area contributed by atoms with Crippen LogP contribution in [-0.4, -0.2) is 59.6 Å². The lowest BCUT2D eigenvalue weighted by atomic mass is 10.2. The number of hydrogen-bond donors (Lipinski definition) is 4. The molecule has 140 valence electrons. The maximum atomic E-state index is 9.74. The van der Waals surface area contributed by atoms with Crippen molar-refractivity contribution in [2.45, 2.75) is 38.2 Å². The molecule has 3 rings (SSSR count). The molecule has 10 nitrogen and oxygen atoms in total. The van der Waals surface area contributed by atoms with Gasteiger partial charge < -0.3 is 25.8 Å². The molecule has 1 aliphatic rings. The number of aliphatic carboxylic acids is 1. The molecule has 1 aliphatic heterocycles. The van der Waals surface area contributed by atoms with Crippen molar-refractivity contribution < 1.29 is 24.9 Å². The third-order valence-corrected chi connectivity index (χ3v) is 3.59. The number of imidazole rings is 1. The number of nitrogens with two attached hydrogens (primary N) is 1. The number of rotatable bonds is 3. The van der Waals surface area contributed by atoms with Crippen LogP contribution in [-0.2, 0) is 9.53 Å². The molecule has 0 radical (unpaired) electrons. The summed E-state index contributed by atoms with van der Waals surface area (Å²) in [6.45, 7) is 1.35. The maximum absolute atomic E-state index is 9.74. The van der Waals surface area contributed by atoms with Crippen molar-refractivity contribution in [2.24, 2.45) is 0 Å². The van der Waals surface area contributed by atoms with Gasteiger partial charge in [-0.05, 0) is 11.6 Å². The van der Waals surface area contributed by atoms with E-state index in [2.05, 4.69) is 15.0 Å². The number of carboxylic acids is 1. The number of aliphatic hydroxyl groups excluding tert-OH is 2. The number of nitrogens with zero attached hydrogens (tertiary/aromatic N) is 4. The highest BCUT2D eigenvalue weighted by Gasteiger charge is 2.35. The lowest BCUT2D eigenvalue weighted by molar-refractivity contribution is -0.136. The van der Waals surface area contributed by atoms with Gasteiger partial charge in [0.2, 0.25) is 5.28 Å². The fourth-order valence-corrected chi connectivity index (χ4v) is 2.34. The molecule has 5 N–H and O–H groups in total. The molecule has 0 bridgehead atoms. The van der Waals surface area contributed by atoms with E-state index < -0.39 is 24.4 Å². The summed E-state index contributed by atoms with van der Waals surface area (Å²) in [5.74, 6) is -0.559. The SMILES string of the molecule is CCC(=O)O.Cl.Nc1nc(Cl)nc2c1ncn2[C@H]1C[C@H](O)[C@@H](CO)O1. The molecule has 3 atom stereocenters. The Balaban J connectivity index is 0.000000462. The van der Waals surface area contributed by atoms with E-state index in [0.29, 0.717) is 17.6 Å². The fourth-order valence-electron chi connectivity index (χ4n) is 2.17. The first-order valence-electron chi connectivity index (χ1n) is 7.19. The second-order valence-corrected chi connectivity index (χ2v) is 5.40. The van der Waals surface area contributed by atoms with Gasteiger partial charge >= 0.3 is 5.97 Å². The summed E-state index contributed by atoms with van der Waals surface area (Å²) in [7, 11) is 0. The predicted octanol–water partition coefficient (Wildman–Crippen LogP) is 0.605. The van der Waals surface area contributed by atoms with E-state index in [1.807, 2.05) is 0 Å². The summed E-state index contributed by atoms with van der Waals surface area (Å²) in [6, 6.07) is 0. The van der Waals surface area contributed by atoms with Crippen molar-refractivity contribution in [3.8, 4) is 0 Å². The lowest BCUT2D eigenvalue weighted by Crippen LogP contribution is -2.24. The monoisotopic (exact) mass is 395 g/mol. The Bertz CT molecular complexity index is 728. The summed E-state index contributed by atoms with van der Waals surface area (Å²) < 4.78 is 7.16. The molecule has 2 aromatic rings. The van der Waals surface area contributed by atoms with Crippen LogP contribution in [0.25, 0.3) is 11.2 Å². The van der Waals surface area contributed by atoms with Gasteiger partial charge in [0, 0.05) is 12.8 Å². The summed E-state index contributed by atoms with van der Waals surface area (Å²) >= 11 is 5.77. The Morgan fingerprint density at radius 3 is 2.68 bits per heavy atom. The summed E-state index contributed by atoms with van der Waals surface area (Å²) in [5, 5.41) is 26.6. The molecule has 12 heteroatoms. The van der Waals surface area contributed by atoms with Crippen molar-refractivity contribution in [3.05, 3.63) is 11.6 Å². The van der Waals surface area contributed by atoms with Gasteiger partial charge in [-0.3, -0.25) is 9.36 Å². The van der Waals surface area contributed by atoms with Crippen LogP contribution >= 0.6 is 24.0 Å². The van der Waals surface area contributed by atoms with Crippen LogP contribution in [0.1, 0.15) is 26.0 Å². The van der Waals surface area contributed by atoms with Crippen LogP contribution < -0.4 is 5.73 Å². The third-order valence-electron chi connectivity index (χ3n) is 3.42. The van der Waals surface area contributed by atoms with Gasteiger partial charge in [0.15, 0.2) is 11.5 Å². The first kappa shape index (κ1) is 21.3. The van der Waals surface area contributed by atoms with Crippen LogP contribution in [0.15, 0.2) is 6.33 Å². The van der Waals surface area contributed by atoms with Gasteiger partial charge in [0.1, 0.15) is 17.8 Å². The second-order valence-electron chi connectivity index (χ2n) is 5.06. The number of hydrogen-bond acceptors (Lipinski definition) is 8.